The summed E-state index contributed by atoms with van der Waals surface area (Å²) >= 11 is 0. The Balaban J connectivity index is 1.60. The van der Waals surface area contributed by atoms with Gasteiger partial charge in [-0.3, -0.25) is 14.7 Å². The number of nitrogens with zero attached hydrogens (tertiary/aromatic N) is 5. The van der Waals surface area contributed by atoms with Crippen molar-refractivity contribution in [1.29, 1.82) is 0 Å². The predicted molar refractivity (Wildman–Crippen MR) is 149 cm³/mol. The molecular formula is C30H37N5O2. The van der Waals surface area contributed by atoms with E-state index < -0.39 is 0 Å². The molecule has 0 N–H and O–H groups in total. The van der Waals surface area contributed by atoms with E-state index in [1.165, 1.54) is 6.42 Å². The minimum Gasteiger partial charge on any atom is -0.381 e. The third-order valence-electron chi connectivity index (χ3n) is 6.70. The van der Waals surface area contributed by atoms with Crippen LogP contribution in [-0.4, -0.2) is 48.7 Å². The van der Waals surface area contributed by atoms with E-state index in [2.05, 4.69) is 4.98 Å². The van der Waals surface area contributed by atoms with E-state index in [9.17, 15) is 4.79 Å². The van der Waals surface area contributed by atoms with Crippen LogP contribution >= 0.6 is 0 Å². The highest BCUT2D eigenvalue weighted by atomic mass is 16.5. The molecular weight excluding hydrogens is 462 g/mol. The molecule has 1 fully saturated rings. The first-order chi connectivity index (χ1) is 17.9. The van der Waals surface area contributed by atoms with Crippen molar-refractivity contribution >= 4 is 23.6 Å². The number of carbonyl (C=O) groups is 1. The second kappa shape index (κ2) is 12.6. The fourth-order valence-electron chi connectivity index (χ4n) is 4.71. The number of aryl methyl sites for hydroxylation is 1. The van der Waals surface area contributed by atoms with Crippen LogP contribution in [0.15, 0.2) is 54.9 Å². The summed E-state index contributed by atoms with van der Waals surface area (Å²) in [5.41, 5.74) is 4.65. The number of methoxy groups -OCH3 is 1. The van der Waals surface area contributed by atoms with E-state index in [4.69, 9.17) is 14.7 Å². The molecule has 3 aromatic rings. The lowest BCUT2D eigenvalue weighted by Gasteiger charge is -2.29. The highest BCUT2D eigenvalue weighted by molar-refractivity contribution is 5.94. The minimum absolute atomic E-state index is 0.0389. The molecule has 194 valence electrons. The second-order valence-corrected chi connectivity index (χ2v) is 9.87. The van der Waals surface area contributed by atoms with E-state index in [1.807, 2.05) is 91.8 Å². The lowest BCUT2D eigenvalue weighted by molar-refractivity contribution is -0.123. The Morgan fingerprint density at radius 2 is 1.84 bits per heavy atom. The number of anilines is 2. The van der Waals surface area contributed by atoms with Gasteiger partial charge in [0.2, 0.25) is 5.91 Å². The number of aromatic nitrogens is 3. The Bertz CT molecular complexity index is 1200. The Labute approximate surface area is 220 Å². The minimum atomic E-state index is 0.0389. The fraction of sp³-hybridized carbons (Fsp3) is 0.400. The van der Waals surface area contributed by atoms with Crippen molar-refractivity contribution in [3.05, 3.63) is 71.7 Å². The maximum absolute atomic E-state index is 13.8. The van der Waals surface area contributed by atoms with Crippen LogP contribution in [0, 0.1) is 12.8 Å². The Morgan fingerprint density at radius 3 is 2.49 bits per heavy atom. The number of amides is 1. The van der Waals surface area contributed by atoms with Crippen LogP contribution in [-0.2, 0) is 16.1 Å². The third kappa shape index (κ3) is 7.01. The molecule has 0 atom stereocenters. The molecule has 0 spiro atoms. The van der Waals surface area contributed by atoms with Crippen LogP contribution in [0.2, 0.25) is 0 Å². The zero-order valence-electron chi connectivity index (χ0n) is 22.4. The maximum Gasteiger partial charge on any atom is 0.231 e. The molecule has 4 rings (SSSR count). The molecule has 0 aliphatic heterocycles. The number of carbonyl (C=O) groups excluding carboxylic acids is 1. The summed E-state index contributed by atoms with van der Waals surface area (Å²) in [4.78, 5) is 31.5. The SMILES string of the molecule is COC/C=C/c1cc(C)nc(N(Cc2ccc(-c3ccc(N(C)C)nc3)nc2)C(=O)C2CCCCC2)c1. The molecule has 7 heteroatoms. The maximum atomic E-state index is 13.8. The number of ether oxygens (including phenoxy) is 1. The van der Waals surface area contributed by atoms with Crippen LogP contribution in [0.4, 0.5) is 11.6 Å². The lowest BCUT2D eigenvalue weighted by atomic mass is 9.88. The van der Waals surface area contributed by atoms with Crippen molar-refractivity contribution in [3.8, 4) is 11.3 Å². The average molecular weight is 500 g/mol. The van der Waals surface area contributed by atoms with E-state index in [0.29, 0.717) is 19.0 Å². The topological polar surface area (TPSA) is 71.5 Å². The first kappa shape index (κ1) is 26.5. The molecule has 1 aliphatic rings. The Hall–Kier alpha value is -3.58. The Morgan fingerprint density at radius 1 is 1.03 bits per heavy atom. The van der Waals surface area contributed by atoms with Crippen LogP contribution in [0.1, 0.15) is 48.9 Å². The quantitative estimate of drug-likeness (QED) is 0.377. The molecule has 7 nitrogen and oxygen atoms in total. The number of pyridine rings is 3. The number of hydrogen-bond acceptors (Lipinski definition) is 6. The van der Waals surface area contributed by atoms with Crippen LogP contribution in [0.3, 0.4) is 0 Å². The molecule has 0 bridgehead atoms. The van der Waals surface area contributed by atoms with Crippen molar-refractivity contribution in [2.75, 3.05) is 37.6 Å². The summed E-state index contributed by atoms with van der Waals surface area (Å²) in [7, 11) is 5.61. The lowest BCUT2D eigenvalue weighted by Crippen LogP contribution is -2.37. The molecule has 1 amide bonds. The van der Waals surface area contributed by atoms with Crippen molar-refractivity contribution < 1.29 is 9.53 Å². The van der Waals surface area contributed by atoms with Gasteiger partial charge in [-0.25, -0.2) is 9.97 Å². The van der Waals surface area contributed by atoms with Gasteiger partial charge in [0.25, 0.3) is 0 Å². The summed E-state index contributed by atoms with van der Waals surface area (Å²) in [6.07, 6.45) is 13.0. The van der Waals surface area contributed by atoms with E-state index in [1.54, 1.807) is 7.11 Å². The van der Waals surface area contributed by atoms with Gasteiger partial charge in [-0.1, -0.05) is 37.5 Å². The highest BCUT2D eigenvalue weighted by Gasteiger charge is 2.28. The van der Waals surface area contributed by atoms with E-state index >= 15 is 0 Å². The number of hydrogen-bond donors (Lipinski definition) is 0. The molecule has 37 heavy (non-hydrogen) atoms. The van der Waals surface area contributed by atoms with Gasteiger partial charge in [-0.2, -0.15) is 0 Å². The van der Waals surface area contributed by atoms with Crippen LogP contribution in [0.25, 0.3) is 17.3 Å². The normalized spacial score (nSPS) is 14.2. The van der Waals surface area contributed by atoms with Gasteiger partial charge in [0, 0.05) is 50.8 Å². The van der Waals surface area contributed by atoms with Gasteiger partial charge >= 0.3 is 0 Å². The molecule has 3 heterocycles. The van der Waals surface area contributed by atoms with Crippen LogP contribution in [0.5, 0.6) is 0 Å². The van der Waals surface area contributed by atoms with Gasteiger partial charge in [0.15, 0.2) is 0 Å². The smallest absolute Gasteiger partial charge is 0.231 e. The van der Waals surface area contributed by atoms with Crippen LogP contribution < -0.4 is 9.80 Å². The van der Waals surface area contributed by atoms with Gasteiger partial charge in [0.05, 0.1) is 18.8 Å². The van der Waals surface area contributed by atoms with Gasteiger partial charge in [-0.05, 0) is 61.2 Å². The Kier molecular flexibility index (Phi) is 9.01. The van der Waals surface area contributed by atoms with Gasteiger partial charge in [-0.15, -0.1) is 0 Å². The number of rotatable bonds is 9. The van der Waals surface area contributed by atoms with Gasteiger partial charge in [0.1, 0.15) is 11.6 Å². The van der Waals surface area contributed by atoms with E-state index in [0.717, 1.165) is 59.6 Å². The van der Waals surface area contributed by atoms with Gasteiger partial charge < -0.3 is 9.64 Å². The largest absolute Gasteiger partial charge is 0.381 e. The summed E-state index contributed by atoms with van der Waals surface area (Å²) < 4.78 is 5.15. The molecule has 1 aliphatic carbocycles. The standard InChI is InChI=1S/C30H37N5O2/c1-22-17-23(9-8-16-37-4)18-29(33-22)35(30(36)25-10-6-5-7-11-25)21-24-12-14-27(31-19-24)26-13-15-28(32-20-26)34(2)3/h8-9,12-15,17-20,25H,5-7,10-11,16,21H2,1-4H3/b9-8+. The average Bonchev–Trinajstić information content (AvgIpc) is 2.92. The summed E-state index contributed by atoms with van der Waals surface area (Å²) in [6.45, 7) is 2.93. The molecule has 0 unspecified atom stereocenters. The van der Waals surface area contributed by atoms with E-state index in [-0.39, 0.29) is 11.8 Å². The van der Waals surface area contributed by atoms with Crippen molar-refractivity contribution in [2.24, 2.45) is 5.92 Å². The molecule has 0 saturated heterocycles. The van der Waals surface area contributed by atoms with Crippen molar-refractivity contribution in [2.45, 2.75) is 45.6 Å². The molecule has 3 aromatic heterocycles. The second-order valence-electron chi connectivity index (χ2n) is 9.87. The third-order valence-corrected chi connectivity index (χ3v) is 6.70. The first-order valence-electron chi connectivity index (χ1n) is 13.0. The van der Waals surface area contributed by atoms with Crippen molar-refractivity contribution in [3.63, 3.8) is 0 Å². The summed E-state index contributed by atoms with van der Waals surface area (Å²) in [5, 5.41) is 0. The summed E-state index contributed by atoms with van der Waals surface area (Å²) in [5.74, 6) is 1.77. The first-order valence-corrected chi connectivity index (χ1v) is 13.0. The predicted octanol–water partition coefficient (Wildman–Crippen LogP) is 5.69. The summed E-state index contributed by atoms with van der Waals surface area (Å²) in [6, 6.07) is 12.0. The monoisotopic (exact) mass is 499 g/mol. The fourth-order valence-corrected chi connectivity index (χ4v) is 4.71. The van der Waals surface area contributed by atoms with Crippen molar-refractivity contribution in [1.82, 2.24) is 15.0 Å². The highest BCUT2D eigenvalue weighted by Crippen LogP contribution is 2.29. The zero-order chi connectivity index (χ0) is 26.2. The molecule has 0 radical (unpaired) electrons. The zero-order valence-corrected chi connectivity index (χ0v) is 22.4. The molecule has 1 saturated carbocycles. The molecule has 0 aromatic carbocycles.